The molecule has 19 heavy (non-hydrogen) atoms. The fourth-order valence-corrected chi connectivity index (χ4v) is 2.65. The van der Waals surface area contributed by atoms with Crippen molar-refractivity contribution in [2.24, 2.45) is 0 Å². The second-order valence-corrected chi connectivity index (χ2v) is 6.12. The molecule has 2 aromatic heterocycles. The maximum absolute atomic E-state index is 11.4. The third-order valence-electron chi connectivity index (χ3n) is 3.00. The van der Waals surface area contributed by atoms with Gasteiger partial charge in [-0.15, -0.1) is 5.10 Å². The molecule has 0 unspecified atom stereocenters. The van der Waals surface area contributed by atoms with Gasteiger partial charge in [-0.05, 0) is 26.7 Å². The lowest BCUT2D eigenvalue weighted by Gasteiger charge is -2.07. The largest absolute Gasteiger partial charge is 0.310 e. The summed E-state index contributed by atoms with van der Waals surface area (Å²) in [6, 6.07) is 1.49. The molecular weight excluding hydrogens is 262 g/mol. The van der Waals surface area contributed by atoms with E-state index in [9.17, 15) is 4.79 Å². The highest BCUT2D eigenvalue weighted by molar-refractivity contribution is 7.99. The Morgan fingerprint density at radius 2 is 2.21 bits per heavy atom. The van der Waals surface area contributed by atoms with Gasteiger partial charge in [0.05, 0.1) is 5.25 Å². The number of aryl methyl sites for hydroxylation is 1. The second-order valence-electron chi connectivity index (χ2n) is 4.81. The smallest absolute Gasteiger partial charge is 0.251 e. The van der Waals surface area contributed by atoms with Crippen molar-refractivity contribution in [2.75, 3.05) is 0 Å². The van der Waals surface area contributed by atoms with E-state index < -0.39 is 0 Å². The van der Waals surface area contributed by atoms with E-state index in [1.54, 1.807) is 0 Å². The minimum atomic E-state index is -0.122. The van der Waals surface area contributed by atoms with Gasteiger partial charge in [0.15, 0.2) is 0 Å². The summed E-state index contributed by atoms with van der Waals surface area (Å²) in [5, 5.41) is 7.88. The molecule has 1 fully saturated rings. The normalized spacial score (nSPS) is 16.5. The van der Waals surface area contributed by atoms with E-state index in [1.165, 1.54) is 30.7 Å². The fourth-order valence-electron chi connectivity index (χ4n) is 1.86. The SMILES string of the molecule is Cc1cc(=O)[nH]c([C@H](C)Sc2n[nH]c(C3CC3)n2)n1. The van der Waals surface area contributed by atoms with Gasteiger partial charge >= 0.3 is 0 Å². The monoisotopic (exact) mass is 277 g/mol. The molecule has 1 aliphatic carbocycles. The summed E-state index contributed by atoms with van der Waals surface area (Å²) < 4.78 is 0. The molecular formula is C12H15N5OS. The summed E-state index contributed by atoms with van der Waals surface area (Å²) >= 11 is 1.49. The number of aromatic amines is 2. The van der Waals surface area contributed by atoms with Crippen LogP contribution in [0.25, 0.3) is 0 Å². The Kier molecular flexibility index (Phi) is 3.14. The van der Waals surface area contributed by atoms with Gasteiger partial charge in [-0.25, -0.2) is 9.97 Å². The molecule has 0 spiro atoms. The molecule has 1 aliphatic rings. The Balaban J connectivity index is 1.75. The van der Waals surface area contributed by atoms with Gasteiger partial charge in [0, 0.05) is 17.7 Å². The standard InChI is InChI=1S/C12H15N5OS/c1-6-5-9(18)14-10(13-6)7(2)19-12-15-11(16-17-12)8-3-4-8/h5,7-8H,3-4H2,1-2H3,(H,13,14,18)(H,15,16,17)/t7-/m0/s1. The zero-order valence-corrected chi connectivity index (χ0v) is 11.6. The minimum Gasteiger partial charge on any atom is -0.310 e. The van der Waals surface area contributed by atoms with Crippen molar-refractivity contribution in [3.63, 3.8) is 0 Å². The van der Waals surface area contributed by atoms with Crippen LogP contribution < -0.4 is 5.56 Å². The lowest BCUT2D eigenvalue weighted by atomic mass is 10.4. The van der Waals surface area contributed by atoms with Gasteiger partial charge in [0.1, 0.15) is 11.6 Å². The fraction of sp³-hybridized carbons (Fsp3) is 0.500. The quantitative estimate of drug-likeness (QED) is 0.834. The maximum atomic E-state index is 11.4. The number of nitrogens with one attached hydrogen (secondary N) is 2. The molecule has 1 atom stereocenters. The number of hydrogen-bond donors (Lipinski definition) is 2. The molecule has 2 heterocycles. The predicted octanol–water partition coefficient (Wildman–Crippen LogP) is 1.93. The summed E-state index contributed by atoms with van der Waals surface area (Å²) in [5.41, 5.74) is 0.600. The van der Waals surface area contributed by atoms with Gasteiger partial charge in [-0.2, -0.15) is 0 Å². The lowest BCUT2D eigenvalue weighted by molar-refractivity contribution is 0.872. The Hall–Kier alpha value is -1.63. The first kappa shape index (κ1) is 12.4. The molecule has 1 saturated carbocycles. The molecule has 0 amide bonds. The number of hydrogen-bond acceptors (Lipinski definition) is 5. The molecule has 2 N–H and O–H groups in total. The lowest BCUT2D eigenvalue weighted by Crippen LogP contribution is -2.12. The third-order valence-corrected chi connectivity index (χ3v) is 3.97. The van der Waals surface area contributed by atoms with Crippen LogP contribution in [0.5, 0.6) is 0 Å². The van der Waals surface area contributed by atoms with Gasteiger partial charge in [-0.1, -0.05) is 11.8 Å². The Bertz CT molecular complexity index is 646. The molecule has 6 nitrogen and oxygen atoms in total. The number of rotatable bonds is 4. The number of aromatic nitrogens is 5. The van der Waals surface area contributed by atoms with E-state index in [0.717, 1.165) is 11.5 Å². The molecule has 7 heteroatoms. The van der Waals surface area contributed by atoms with E-state index in [-0.39, 0.29) is 10.8 Å². The van der Waals surface area contributed by atoms with Crippen LogP contribution >= 0.6 is 11.8 Å². The van der Waals surface area contributed by atoms with Crippen LogP contribution in [-0.2, 0) is 0 Å². The van der Waals surface area contributed by atoms with Gasteiger partial charge in [0.25, 0.3) is 5.56 Å². The molecule has 0 aromatic carbocycles. The Morgan fingerprint density at radius 3 is 2.89 bits per heavy atom. The van der Waals surface area contributed by atoms with Crippen LogP contribution in [0.15, 0.2) is 16.0 Å². The number of H-pyrrole nitrogens is 2. The van der Waals surface area contributed by atoms with Crippen LogP contribution in [0.2, 0.25) is 0 Å². The van der Waals surface area contributed by atoms with E-state index >= 15 is 0 Å². The zero-order chi connectivity index (χ0) is 13.4. The van der Waals surface area contributed by atoms with Gasteiger partial charge in [0.2, 0.25) is 5.16 Å². The Labute approximate surface area is 114 Å². The minimum absolute atomic E-state index is 0.00968. The van der Waals surface area contributed by atoms with E-state index in [1.807, 2.05) is 13.8 Å². The highest BCUT2D eigenvalue weighted by Gasteiger charge is 2.27. The van der Waals surface area contributed by atoms with Crippen molar-refractivity contribution in [2.45, 2.75) is 43.0 Å². The van der Waals surface area contributed by atoms with E-state index in [2.05, 4.69) is 25.1 Å². The summed E-state index contributed by atoms with van der Waals surface area (Å²) in [5.74, 6) is 2.20. The zero-order valence-electron chi connectivity index (χ0n) is 10.8. The van der Waals surface area contributed by atoms with Crippen LogP contribution in [0, 0.1) is 6.92 Å². The van der Waals surface area contributed by atoms with Crippen LogP contribution in [0.1, 0.15) is 48.3 Å². The topological polar surface area (TPSA) is 87.3 Å². The van der Waals surface area contributed by atoms with Gasteiger partial charge < -0.3 is 4.98 Å². The van der Waals surface area contributed by atoms with E-state index in [0.29, 0.717) is 16.9 Å². The summed E-state index contributed by atoms with van der Waals surface area (Å²) in [4.78, 5) is 23.0. The predicted molar refractivity (Wildman–Crippen MR) is 72.2 cm³/mol. The number of thioether (sulfide) groups is 1. The van der Waals surface area contributed by atoms with Crippen molar-refractivity contribution in [3.05, 3.63) is 33.8 Å². The highest BCUT2D eigenvalue weighted by Crippen LogP contribution is 2.39. The summed E-state index contributed by atoms with van der Waals surface area (Å²) in [6.07, 6.45) is 2.39. The van der Waals surface area contributed by atoms with Crippen molar-refractivity contribution in [1.29, 1.82) is 0 Å². The van der Waals surface area contributed by atoms with E-state index in [4.69, 9.17) is 0 Å². The first-order valence-electron chi connectivity index (χ1n) is 6.28. The molecule has 0 radical (unpaired) electrons. The molecule has 2 aromatic rings. The molecule has 0 bridgehead atoms. The first-order valence-corrected chi connectivity index (χ1v) is 7.16. The molecule has 0 aliphatic heterocycles. The molecule has 100 valence electrons. The second kappa shape index (κ2) is 4.80. The van der Waals surface area contributed by atoms with Crippen LogP contribution in [0.3, 0.4) is 0 Å². The average molecular weight is 277 g/mol. The molecule has 3 rings (SSSR count). The molecule has 0 saturated heterocycles. The van der Waals surface area contributed by atoms with Gasteiger partial charge in [-0.3, -0.25) is 9.89 Å². The van der Waals surface area contributed by atoms with Crippen molar-refractivity contribution in [3.8, 4) is 0 Å². The first-order chi connectivity index (χ1) is 9.11. The van der Waals surface area contributed by atoms with Crippen LogP contribution in [0.4, 0.5) is 0 Å². The highest BCUT2D eigenvalue weighted by atomic mass is 32.2. The summed E-state index contributed by atoms with van der Waals surface area (Å²) in [7, 11) is 0. The van der Waals surface area contributed by atoms with Crippen molar-refractivity contribution < 1.29 is 0 Å². The van der Waals surface area contributed by atoms with Crippen LogP contribution in [-0.4, -0.2) is 25.1 Å². The maximum Gasteiger partial charge on any atom is 0.251 e. The summed E-state index contributed by atoms with van der Waals surface area (Å²) in [6.45, 7) is 3.80. The van der Waals surface area contributed by atoms with Crippen molar-refractivity contribution >= 4 is 11.8 Å². The number of nitrogens with zero attached hydrogens (tertiary/aromatic N) is 3. The average Bonchev–Trinajstić information content (AvgIpc) is 3.09. The Morgan fingerprint density at radius 1 is 1.42 bits per heavy atom. The van der Waals surface area contributed by atoms with Crippen molar-refractivity contribution in [1.82, 2.24) is 25.1 Å². The third kappa shape index (κ3) is 2.86.